The Balaban J connectivity index is 0.00000144. The molecule has 0 aromatic carbocycles. The van der Waals surface area contributed by atoms with Crippen LogP contribution in [0.15, 0.2) is 22.8 Å². The number of hydrogen-bond acceptors (Lipinski definition) is 3. The molecule has 1 fully saturated rings. The molecule has 2 rings (SSSR count). The first-order valence-corrected chi connectivity index (χ1v) is 6.22. The van der Waals surface area contributed by atoms with Crippen LogP contribution in [-0.2, 0) is 4.79 Å². The zero-order valence-electron chi connectivity index (χ0n) is 9.28. The van der Waals surface area contributed by atoms with E-state index in [1.54, 1.807) is 6.07 Å². The van der Waals surface area contributed by atoms with Gasteiger partial charge in [-0.25, -0.2) is 4.98 Å². The maximum absolute atomic E-state index is 11.8. The summed E-state index contributed by atoms with van der Waals surface area (Å²) in [5.41, 5.74) is 0. The molecule has 1 saturated heterocycles. The highest BCUT2D eigenvalue weighted by Crippen LogP contribution is 2.12. The molecular formula is C11H15BrClN3O. The highest BCUT2D eigenvalue weighted by molar-refractivity contribution is 9.10. The summed E-state index contributed by atoms with van der Waals surface area (Å²) in [6.07, 6.45) is 3.16. The predicted octanol–water partition coefficient (Wildman–Crippen LogP) is 2.35. The lowest BCUT2D eigenvalue weighted by molar-refractivity contribution is -0.118. The van der Waals surface area contributed by atoms with Crippen molar-refractivity contribution in [3.8, 4) is 0 Å². The van der Waals surface area contributed by atoms with E-state index in [4.69, 9.17) is 0 Å². The normalized spacial score (nSPS) is 19.2. The molecule has 0 bridgehead atoms. The molecular weight excluding hydrogens is 305 g/mol. The second-order valence-corrected chi connectivity index (χ2v) is 4.65. The van der Waals surface area contributed by atoms with E-state index in [0.29, 0.717) is 5.82 Å². The summed E-state index contributed by atoms with van der Waals surface area (Å²) >= 11 is 3.27. The molecule has 0 saturated carbocycles. The van der Waals surface area contributed by atoms with Crippen molar-refractivity contribution in [3.05, 3.63) is 22.8 Å². The lowest BCUT2D eigenvalue weighted by Gasteiger charge is -2.22. The first kappa shape index (κ1) is 14.4. The van der Waals surface area contributed by atoms with E-state index in [-0.39, 0.29) is 24.4 Å². The fourth-order valence-corrected chi connectivity index (χ4v) is 2.11. The average Bonchev–Trinajstić information content (AvgIpc) is 2.30. The lowest BCUT2D eigenvalue weighted by Crippen LogP contribution is -2.43. The van der Waals surface area contributed by atoms with E-state index >= 15 is 0 Å². The quantitative estimate of drug-likeness (QED) is 0.823. The number of piperidine rings is 1. The maximum Gasteiger partial charge on any atom is 0.242 e. The van der Waals surface area contributed by atoms with Crippen molar-refractivity contribution in [3.63, 3.8) is 0 Å². The van der Waals surface area contributed by atoms with Crippen molar-refractivity contribution in [1.29, 1.82) is 0 Å². The molecule has 4 nitrogen and oxygen atoms in total. The number of pyridine rings is 1. The third-order valence-corrected chi connectivity index (χ3v) is 3.03. The van der Waals surface area contributed by atoms with E-state index in [0.717, 1.165) is 30.4 Å². The number of aromatic nitrogens is 1. The molecule has 1 aromatic rings. The number of carbonyl (C=O) groups excluding carboxylic acids is 1. The summed E-state index contributed by atoms with van der Waals surface area (Å²) in [4.78, 5) is 16.0. The Morgan fingerprint density at radius 2 is 2.29 bits per heavy atom. The first-order valence-electron chi connectivity index (χ1n) is 5.42. The van der Waals surface area contributed by atoms with Crippen LogP contribution >= 0.6 is 28.3 Å². The zero-order chi connectivity index (χ0) is 11.4. The van der Waals surface area contributed by atoms with Crippen LogP contribution in [0, 0.1) is 0 Å². The van der Waals surface area contributed by atoms with E-state index in [2.05, 4.69) is 31.5 Å². The van der Waals surface area contributed by atoms with E-state index in [1.807, 2.05) is 12.1 Å². The van der Waals surface area contributed by atoms with Gasteiger partial charge in [-0.1, -0.05) is 12.5 Å². The van der Waals surface area contributed by atoms with Crippen LogP contribution in [0.25, 0.3) is 0 Å². The highest BCUT2D eigenvalue weighted by Gasteiger charge is 2.20. The summed E-state index contributed by atoms with van der Waals surface area (Å²) in [5, 5.41) is 6.01. The van der Waals surface area contributed by atoms with Crippen LogP contribution in [0.5, 0.6) is 0 Å². The number of halogens is 2. The smallest absolute Gasteiger partial charge is 0.242 e. The van der Waals surface area contributed by atoms with Crippen LogP contribution in [0.4, 0.5) is 5.82 Å². The zero-order valence-corrected chi connectivity index (χ0v) is 11.7. The molecule has 6 heteroatoms. The molecule has 1 atom stereocenters. The largest absolute Gasteiger partial charge is 0.309 e. The topological polar surface area (TPSA) is 54.0 Å². The van der Waals surface area contributed by atoms with Gasteiger partial charge in [0.2, 0.25) is 5.91 Å². The summed E-state index contributed by atoms with van der Waals surface area (Å²) < 4.78 is 0.724. The maximum atomic E-state index is 11.8. The second kappa shape index (κ2) is 6.93. The van der Waals surface area contributed by atoms with Gasteiger partial charge in [-0.05, 0) is 47.4 Å². The molecule has 0 spiro atoms. The lowest BCUT2D eigenvalue weighted by atomic mass is 10.0. The third kappa shape index (κ3) is 4.26. The van der Waals surface area contributed by atoms with Gasteiger partial charge in [-0.15, -0.1) is 12.4 Å². The number of nitrogens with one attached hydrogen (secondary N) is 2. The Morgan fingerprint density at radius 3 is 2.94 bits per heavy atom. The number of amides is 1. The number of carbonyl (C=O) groups is 1. The number of anilines is 1. The standard InChI is InChI=1S/C11H14BrN3O.ClH/c12-9-5-3-6-10(14-9)15-11(16)8-4-1-2-7-13-8;/h3,5-6,8,13H,1-2,4,7H2,(H,14,15,16);1H. The second-order valence-electron chi connectivity index (χ2n) is 3.84. The van der Waals surface area contributed by atoms with Crippen molar-refractivity contribution in [2.75, 3.05) is 11.9 Å². The fraction of sp³-hybridized carbons (Fsp3) is 0.455. The Bertz CT molecular complexity index is 383. The summed E-state index contributed by atoms with van der Waals surface area (Å²) in [6, 6.07) is 5.38. The van der Waals surface area contributed by atoms with Gasteiger partial charge >= 0.3 is 0 Å². The van der Waals surface area contributed by atoms with Gasteiger partial charge in [0.1, 0.15) is 10.4 Å². The Labute approximate surface area is 115 Å². The van der Waals surface area contributed by atoms with Crippen LogP contribution < -0.4 is 10.6 Å². The van der Waals surface area contributed by atoms with Crippen LogP contribution in [0.1, 0.15) is 19.3 Å². The molecule has 94 valence electrons. The van der Waals surface area contributed by atoms with Crippen molar-refractivity contribution >= 4 is 40.1 Å². The minimum Gasteiger partial charge on any atom is -0.309 e. The molecule has 1 aliphatic rings. The summed E-state index contributed by atoms with van der Waals surface area (Å²) in [7, 11) is 0. The number of hydrogen-bond donors (Lipinski definition) is 2. The predicted molar refractivity (Wildman–Crippen MR) is 73.5 cm³/mol. The van der Waals surface area contributed by atoms with Crippen molar-refractivity contribution < 1.29 is 4.79 Å². The van der Waals surface area contributed by atoms with E-state index < -0.39 is 0 Å². The number of nitrogens with zero attached hydrogens (tertiary/aromatic N) is 1. The molecule has 1 aromatic heterocycles. The van der Waals surface area contributed by atoms with Gasteiger partial charge in [0.05, 0.1) is 6.04 Å². The summed E-state index contributed by atoms with van der Waals surface area (Å²) in [5.74, 6) is 0.594. The molecule has 2 N–H and O–H groups in total. The minimum atomic E-state index is -0.0745. The minimum absolute atomic E-state index is 0. The van der Waals surface area contributed by atoms with Crippen LogP contribution in [0.3, 0.4) is 0 Å². The molecule has 1 amide bonds. The van der Waals surface area contributed by atoms with Gasteiger partial charge in [0, 0.05) is 0 Å². The molecule has 1 unspecified atom stereocenters. The van der Waals surface area contributed by atoms with Crippen molar-refractivity contribution in [2.45, 2.75) is 25.3 Å². The van der Waals surface area contributed by atoms with E-state index in [1.165, 1.54) is 0 Å². The Morgan fingerprint density at radius 1 is 1.47 bits per heavy atom. The monoisotopic (exact) mass is 319 g/mol. The highest BCUT2D eigenvalue weighted by atomic mass is 79.9. The van der Waals surface area contributed by atoms with Gasteiger partial charge in [0.25, 0.3) is 0 Å². The van der Waals surface area contributed by atoms with Gasteiger partial charge in [0.15, 0.2) is 0 Å². The third-order valence-electron chi connectivity index (χ3n) is 2.59. The fourth-order valence-electron chi connectivity index (χ4n) is 1.77. The van der Waals surface area contributed by atoms with Gasteiger partial charge in [-0.2, -0.15) is 0 Å². The molecule has 1 aliphatic heterocycles. The molecule has 0 radical (unpaired) electrons. The Hall–Kier alpha value is -0.650. The molecule has 0 aliphatic carbocycles. The van der Waals surface area contributed by atoms with Crippen LogP contribution in [-0.4, -0.2) is 23.5 Å². The number of rotatable bonds is 2. The van der Waals surface area contributed by atoms with Crippen molar-refractivity contribution in [1.82, 2.24) is 10.3 Å². The SMILES string of the molecule is Cl.O=C(Nc1cccc(Br)n1)C1CCCCN1. The first-order chi connectivity index (χ1) is 7.75. The van der Waals surface area contributed by atoms with Gasteiger partial charge < -0.3 is 10.6 Å². The average molecular weight is 321 g/mol. The van der Waals surface area contributed by atoms with Crippen LogP contribution in [0.2, 0.25) is 0 Å². The van der Waals surface area contributed by atoms with Crippen molar-refractivity contribution in [2.24, 2.45) is 0 Å². The molecule has 17 heavy (non-hydrogen) atoms. The molecule has 2 heterocycles. The van der Waals surface area contributed by atoms with Gasteiger partial charge in [-0.3, -0.25) is 4.79 Å². The summed E-state index contributed by atoms with van der Waals surface area (Å²) in [6.45, 7) is 0.921. The van der Waals surface area contributed by atoms with E-state index in [9.17, 15) is 4.79 Å². The Kier molecular flexibility index (Phi) is 5.88.